The van der Waals surface area contributed by atoms with E-state index in [1.54, 1.807) is 43.5 Å². The van der Waals surface area contributed by atoms with Crippen LogP contribution in [-0.4, -0.2) is 32.8 Å². The first-order chi connectivity index (χ1) is 15.6. The van der Waals surface area contributed by atoms with E-state index in [9.17, 15) is 9.59 Å². The number of methoxy groups -OCH3 is 1. The van der Waals surface area contributed by atoms with E-state index in [0.717, 1.165) is 9.95 Å². The molecule has 0 spiro atoms. The molecule has 0 radical (unpaired) electrons. The molecule has 5 aromatic rings. The summed E-state index contributed by atoms with van der Waals surface area (Å²) in [5.74, 6) is 0.450. The number of fused-ring (bicyclic) bond motifs is 3. The van der Waals surface area contributed by atoms with Crippen LogP contribution in [0.25, 0.3) is 33.5 Å². The normalized spacial score (nSPS) is 11.2. The maximum absolute atomic E-state index is 12.7. The van der Waals surface area contributed by atoms with Crippen molar-refractivity contribution in [3.8, 4) is 17.1 Å². The monoisotopic (exact) mass is 432 g/mol. The van der Waals surface area contributed by atoms with Crippen LogP contribution in [-0.2, 0) is 22.7 Å². The van der Waals surface area contributed by atoms with Crippen LogP contribution in [0.2, 0.25) is 0 Å². The third-order valence-corrected chi connectivity index (χ3v) is 4.80. The number of furan rings is 1. The van der Waals surface area contributed by atoms with Gasteiger partial charge in [0, 0.05) is 10.9 Å². The van der Waals surface area contributed by atoms with Crippen molar-refractivity contribution < 1.29 is 23.2 Å². The highest BCUT2D eigenvalue weighted by Gasteiger charge is 2.16. The molecule has 5 rings (SSSR count). The van der Waals surface area contributed by atoms with Crippen LogP contribution in [0.4, 0.5) is 0 Å². The molecule has 160 valence electrons. The standard InChI is InChI=1S/C22H16N4O6/c1-29-14-6-4-5-13(9-14)21-24-17(32-25-21)11-30-18(27)10-26-12-23-19-15-7-2-3-8-16(15)31-20(19)22(26)28/h2-9,12H,10-11H2,1H3. The van der Waals surface area contributed by atoms with Crippen molar-refractivity contribution in [1.82, 2.24) is 19.7 Å². The molecular formula is C22H16N4O6. The number of hydrogen-bond donors (Lipinski definition) is 0. The molecule has 0 amide bonds. The highest BCUT2D eigenvalue weighted by Crippen LogP contribution is 2.24. The summed E-state index contributed by atoms with van der Waals surface area (Å²) in [5, 5.41) is 4.62. The number of para-hydroxylation sites is 1. The lowest BCUT2D eigenvalue weighted by molar-refractivity contribution is -0.146. The van der Waals surface area contributed by atoms with E-state index in [1.165, 1.54) is 6.33 Å². The largest absolute Gasteiger partial charge is 0.497 e. The van der Waals surface area contributed by atoms with Crippen LogP contribution in [0.1, 0.15) is 5.89 Å². The number of benzene rings is 2. The van der Waals surface area contributed by atoms with E-state index in [1.807, 2.05) is 12.1 Å². The van der Waals surface area contributed by atoms with Crippen molar-refractivity contribution in [2.45, 2.75) is 13.2 Å². The molecule has 10 nitrogen and oxygen atoms in total. The Morgan fingerprint density at radius 3 is 2.91 bits per heavy atom. The fourth-order valence-electron chi connectivity index (χ4n) is 3.25. The number of carbonyl (C=O) groups is 1. The molecule has 32 heavy (non-hydrogen) atoms. The number of carbonyl (C=O) groups excluding carboxylic acids is 1. The van der Waals surface area contributed by atoms with Crippen molar-refractivity contribution in [2.75, 3.05) is 7.11 Å². The molecule has 0 aliphatic heterocycles. The Kier molecular flexibility index (Phi) is 4.86. The van der Waals surface area contributed by atoms with Gasteiger partial charge in [-0.05, 0) is 24.3 Å². The van der Waals surface area contributed by atoms with Crippen molar-refractivity contribution in [3.63, 3.8) is 0 Å². The van der Waals surface area contributed by atoms with Crippen LogP contribution < -0.4 is 10.3 Å². The fraction of sp³-hybridized carbons (Fsp3) is 0.136. The third kappa shape index (κ3) is 3.58. The third-order valence-electron chi connectivity index (χ3n) is 4.80. The summed E-state index contributed by atoms with van der Waals surface area (Å²) in [4.78, 5) is 33.4. The van der Waals surface area contributed by atoms with Gasteiger partial charge in [-0.1, -0.05) is 29.4 Å². The topological polar surface area (TPSA) is 122 Å². The van der Waals surface area contributed by atoms with Gasteiger partial charge in [0.25, 0.3) is 11.4 Å². The number of ether oxygens (including phenoxy) is 2. The minimum absolute atomic E-state index is 0.0846. The molecule has 3 heterocycles. The molecule has 3 aromatic heterocycles. The Balaban J connectivity index is 1.28. The first kappa shape index (κ1) is 19.5. The fourth-order valence-corrected chi connectivity index (χ4v) is 3.25. The minimum Gasteiger partial charge on any atom is -0.497 e. The molecule has 0 atom stereocenters. The molecule has 0 saturated carbocycles. The minimum atomic E-state index is -0.662. The molecule has 0 bridgehead atoms. The van der Waals surface area contributed by atoms with Crippen LogP contribution in [0.15, 0.2) is 68.6 Å². The van der Waals surface area contributed by atoms with Crippen LogP contribution in [0.5, 0.6) is 5.75 Å². The van der Waals surface area contributed by atoms with E-state index < -0.39 is 11.5 Å². The van der Waals surface area contributed by atoms with Gasteiger partial charge in [0.1, 0.15) is 23.4 Å². The predicted molar refractivity (Wildman–Crippen MR) is 112 cm³/mol. The average molecular weight is 432 g/mol. The summed E-state index contributed by atoms with van der Waals surface area (Å²) in [5.41, 5.74) is 1.31. The van der Waals surface area contributed by atoms with E-state index in [2.05, 4.69) is 15.1 Å². The van der Waals surface area contributed by atoms with Crippen molar-refractivity contribution in [2.24, 2.45) is 0 Å². The molecule has 0 unspecified atom stereocenters. The maximum Gasteiger partial charge on any atom is 0.326 e. The summed E-state index contributed by atoms with van der Waals surface area (Å²) in [6, 6.07) is 14.4. The summed E-state index contributed by atoms with van der Waals surface area (Å²) >= 11 is 0. The zero-order valence-electron chi connectivity index (χ0n) is 16.8. The van der Waals surface area contributed by atoms with Gasteiger partial charge in [-0.3, -0.25) is 14.2 Å². The van der Waals surface area contributed by atoms with E-state index >= 15 is 0 Å². The van der Waals surface area contributed by atoms with Crippen molar-refractivity contribution in [1.29, 1.82) is 0 Å². The second-order valence-electron chi connectivity index (χ2n) is 6.86. The Labute approximate surface area is 180 Å². The smallest absolute Gasteiger partial charge is 0.326 e. The van der Waals surface area contributed by atoms with Gasteiger partial charge in [-0.15, -0.1) is 0 Å². The van der Waals surface area contributed by atoms with Gasteiger partial charge in [0.15, 0.2) is 6.61 Å². The highest BCUT2D eigenvalue weighted by molar-refractivity contribution is 6.01. The lowest BCUT2D eigenvalue weighted by Gasteiger charge is -2.04. The van der Waals surface area contributed by atoms with Crippen molar-refractivity contribution >= 4 is 28.0 Å². The van der Waals surface area contributed by atoms with E-state index in [0.29, 0.717) is 28.2 Å². The Morgan fingerprint density at radius 1 is 1.16 bits per heavy atom. The highest BCUT2D eigenvalue weighted by atomic mass is 16.6. The second kappa shape index (κ2) is 7.99. The van der Waals surface area contributed by atoms with Crippen LogP contribution in [0, 0.1) is 0 Å². The molecule has 0 aliphatic rings. The lowest BCUT2D eigenvalue weighted by atomic mass is 10.2. The molecule has 10 heteroatoms. The van der Waals surface area contributed by atoms with Gasteiger partial charge in [0.05, 0.1) is 13.4 Å². The number of rotatable bonds is 6. The van der Waals surface area contributed by atoms with Gasteiger partial charge in [0.2, 0.25) is 11.4 Å². The van der Waals surface area contributed by atoms with E-state index in [-0.39, 0.29) is 24.6 Å². The van der Waals surface area contributed by atoms with Gasteiger partial charge >= 0.3 is 5.97 Å². The van der Waals surface area contributed by atoms with E-state index in [4.69, 9.17) is 18.4 Å². The molecule has 2 aromatic carbocycles. The summed E-state index contributed by atoms with van der Waals surface area (Å²) in [6.45, 7) is -0.569. The van der Waals surface area contributed by atoms with Gasteiger partial charge in [-0.2, -0.15) is 4.98 Å². The zero-order valence-corrected chi connectivity index (χ0v) is 16.8. The molecule has 0 saturated heterocycles. The van der Waals surface area contributed by atoms with Gasteiger partial charge in [-0.25, -0.2) is 4.98 Å². The number of esters is 1. The summed E-state index contributed by atoms with van der Waals surface area (Å²) < 4.78 is 22.2. The molecule has 0 aliphatic carbocycles. The average Bonchev–Trinajstić information content (AvgIpc) is 3.45. The number of aromatic nitrogens is 4. The molecular weight excluding hydrogens is 416 g/mol. The number of hydrogen-bond acceptors (Lipinski definition) is 9. The predicted octanol–water partition coefficient (Wildman–Crippen LogP) is 2.94. The Morgan fingerprint density at radius 2 is 2.03 bits per heavy atom. The van der Waals surface area contributed by atoms with Gasteiger partial charge < -0.3 is 18.4 Å². The molecule has 0 N–H and O–H groups in total. The quantitative estimate of drug-likeness (QED) is 0.373. The summed E-state index contributed by atoms with van der Waals surface area (Å²) in [7, 11) is 1.56. The lowest BCUT2D eigenvalue weighted by Crippen LogP contribution is -2.25. The Hall–Kier alpha value is -4.47. The Bertz CT molecular complexity index is 1500. The zero-order chi connectivity index (χ0) is 22.1. The first-order valence-electron chi connectivity index (χ1n) is 9.61. The second-order valence-corrected chi connectivity index (χ2v) is 6.86. The van der Waals surface area contributed by atoms with Crippen LogP contribution in [0.3, 0.4) is 0 Å². The molecule has 0 fully saturated rings. The van der Waals surface area contributed by atoms with Crippen LogP contribution >= 0.6 is 0 Å². The van der Waals surface area contributed by atoms with Crippen molar-refractivity contribution in [3.05, 3.63) is 71.1 Å². The summed E-state index contributed by atoms with van der Waals surface area (Å²) in [6.07, 6.45) is 1.29. The number of nitrogens with zero attached hydrogens (tertiary/aromatic N) is 4. The SMILES string of the molecule is COc1cccc(-c2noc(COC(=O)Cn3cnc4c(oc5ccccc54)c3=O)n2)c1. The first-order valence-corrected chi connectivity index (χ1v) is 9.61. The maximum atomic E-state index is 12.7.